The number of aliphatic hydroxyl groups is 4. The molecule has 0 aliphatic rings. The summed E-state index contributed by atoms with van der Waals surface area (Å²) in [5.74, 6) is -13.0. The van der Waals surface area contributed by atoms with E-state index >= 15 is 0 Å². The van der Waals surface area contributed by atoms with Gasteiger partial charge in [-0.05, 0) is 60.7 Å². The van der Waals surface area contributed by atoms with Crippen LogP contribution in [-0.4, -0.2) is 104 Å². The SMILES string of the molecule is O=C([O-])C[C@H](O)C[C@H](O)/C=C/c1cnc2c(F)c(F)c(F)cc2c1Sc1ccc(F)cc1.O=C([O-])C[C@H](O)C[C@H](O)/C=C/c1cnc2c(F)c(F)c(F)cc2c1Sc1ccc(F)cc1.[Ca+2]. The number of aliphatic carboxylic acids is 2. The average Bonchev–Trinajstić information content (AvgIpc) is 3.22. The van der Waals surface area contributed by atoms with Gasteiger partial charge in [-0.15, -0.1) is 0 Å². The fourth-order valence-electron chi connectivity index (χ4n) is 5.87. The van der Waals surface area contributed by atoms with Gasteiger partial charge in [-0.3, -0.25) is 9.97 Å². The summed E-state index contributed by atoms with van der Waals surface area (Å²) in [5, 5.41) is 60.3. The van der Waals surface area contributed by atoms with Crippen LogP contribution < -0.4 is 10.2 Å². The van der Waals surface area contributed by atoms with Crippen LogP contribution in [0.1, 0.15) is 36.8 Å². The molecule has 4 N–H and O–H groups in total. The van der Waals surface area contributed by atoms with Gasteiger partial charge in [0.15, 0.2) is 34.9 Å². The van der Waals surface area contributed by atoms with Crippen molar-refractivity contribution in [3.63, 3.8) is 0 Å². The molecular formula is C44H32CaF8N2O8S2. The number of carboxylic acid groups (broad SMARTS) is 2. The Morgan fingerprint density at radius 1 is 0.569 bits per heavy atom. The molecule has 0 fully saturated rings. The standard InChI is InChI=1S/2C22H17F4NO4S.Ca/c2*23-12-2-5-15(6-3-12)32-22-11(1-4-13(28)7-14(29)8-18(30)31)10-27-21-16(22)9-17(24)19(25)20(21)26;/h2*1-6,9-10,13-14,28-29H,7-8H2,(H,30,31);/q;;+2/p-2/b2*4-1+;/t2*13-,14-;/m11./s1. The third kappa shape index (κ3) is 14.7. The Morgan fingerprint density at radius 2 is 0.908 bits per heavy atom. The fourth-order valence-corrected chi connectivity index (χ4v) is 7.89. The molecule has 0 radical (unpaired) electrons. The van der Waals surface area contributed by atoms with Gasteiger partial charge < -0.3 is 40.2 Å². The zero-order valence-electron chi connectivity index (χ0n) is 33.2. The van der Waals surface area contributed by atoms with Crippen LogP contribution in [0.4, 0.5) is 35.1 Å². The van der Waals surface area contributed by atoms with E-state index in [1.165, 1.54) is 85.2 Å². The maximum atomic E-state index is 14.2. The number of benzene rings is 4. The number of aliphatic hydroxyl groups excluding tert-OH is 4. The Bertz CT molecular complexity index is 2530. The largest absolute Gasteiger partial charge is 2.00 e. The Hall–Kier alpha value is -4.64. The number of pyridine rings is 2. The molecule has 65 heavy (non-hydrogen) atoms. The molecule has 6 aromatic rings. The van der Waals surface area contributed by atoms with E-state index in [1.807, 2.05) is 0 Å². The summed E-state index contributed by atoms with van der Waals surface area (Å²) in [5.41, 5.74) is -0.220. The molecule has 10 nitrogen and oxygen atoms in total. The van der Waals surface area contributed by atoms with Gasteiger partial charge in [-0.1, -0.05) is 47.8 Å². The maximum Gasteiger partial charge on any atom is 2.00 e. The molecule has 0 aliphatic heterocycles. The van der Waals surface area contributed by atoms with Gasteiger partial charge in [-0.25, -0.2) is 35.1 Å². The molecule has 0 aliphatic carbocycles. The van der Waals surface area contributed by atoms with Crippen LogP contribution in [0, 0.1) is 46.5 Å². The van der Waals surface area contributed by atoms with E-state index in [9.17, 15) is 75.4 Å². The van der Waals surface area contributed by atoms with Gasteiger partial charge in [0, 0.05) is 91.5 Å². The number of hydrogen-bond acceptors (Lipinski definition) is 12. The smallest absolute Gasteiger partial charge is 0.550 e. The first kappa shape index (κ1) is 53.0. The monoisotopic (exact) mass is 972 g/mol. The van der Waals surface area contributed by atoms with Gasteiger partial charge in [0.1, 0.15) is 22.7 Å². The Labute approximate surface area is 402 Å². The van der Waals surface area contributed by atoms with E-state index in [1.54, 1.807) is 0 Å². The van der Waals surface area contributed by atoms with Gasteiger partial charge in [0.25, 0.3) is 0 Å². The fraction of sp³-hybridized carbons (Fsp3) is 0.182. The third-order valence-electron chi connectivity index (χ3n) is 8.85. The number of carboxylic acids is 2. The van der Waals surface area contributed by atoms with E-state index in [4.69, 9.17) is 0 Å². The quantitative estimate of drug-likeness (QED) is 0.0502. The molecule has 6 rings (SSSR count). The third-order valence-corrected chi connectivity index (χ3v) is 11.2. The summed E-state index contributed by atoms with van der Waals surface area (Å²) in [6.45, 7) is 0. The summed E-state index contributed by atoms with van der Waals surface area (Å²) in [6.07, 6.45) is 0.542. The van der Waals surface area contributed by atoms with Gasteiger partial charge in [-0.2, -0.15) is 0 Å². The molecule has 336 valence electrons. The number of nitrogens with zero attached hydrogens (tertiary/aromatic N) is 2. The predicted octanol–water partition coefficient (Wildman–Crippen LogP) is 6.03. The molecule has 4 aromatic carbocycles. The van der Waals surface area contributed by atoms with Crippen LogP contribution in [0.2, 0.25) is 0 Å². The number of carbonyl (C=O) groups excluding carboxylic acids is 2. The summed E-state index contributed by atoms with van der Waals surface area (Å²) in [4.78, 5) is 30.3. The van der Waals surface area contributed by atoms with E-state index in [-0.39, 0.29) is 71.1 Å². The van der Waals surface area contributed by atoms with Crippen LogP contribution in [0.15, 0.2) is 105 Å². The van der Waals surface area contributed by atoms with Crippen LogP contribution >= 0.6 is 23.5 Å². The molecule has 2 heterocycles. The molecule has 4 atom stereocenters. The van der Waals surface area contributed by atoms with Gasteiger partial charge in [0.05, 0.1) is 24.4 Å². The molecule has 0 bridgehead atoms. The Balaban J connectivity index is 0.000000280. The Morgan fingerprint density at radius 3 is 1.23 bits per heavy atom. The number of hydrogen-bond donors (Lipinski definition) is 4. The number of fused-ring (bicyclic) bond motifs is 2. The number of aromatic nitrogens is 2. The number of carbonyl (C=O) groups is 2. The minimum atomic E-state index is -1.66. The molecule has 0 unspecified atom stereocenters. The van der Waals surface area contributed by atoms with Crippen LogP contribution in [-0.2, 0) is 9.59 Å². The summed E-state index contributed by atoms with van der Waals surface area (Å²) in [6, 6.07) is 12.2. The van der Waals surface area contributed by atoms with Crippen molar-refractivity contribution in [2.45, 2.75) is 69.7 Å². The minimum Gasteiger partial charge on any atom is -0.550 e. The van der Waals surface area contributed by atoms with Crippen molar-refractivity contribution in [3.05, 3.63) is 143 Å². The van der Waals surface area contributed by atoms with Crippen LogP contribution in [0.25, 0.3) is 34.0 Å². The van der Waals surface area contributed by atoms with Crippen LogP contribution in [0.5, 0.6) is 0 Å². The molecule has 0 saturated carbocycles. The molecule has 21 heteroatoms. The summed E-state index contributed by atoms with van der Waals surface area (Å²) >= 11 is 2.04. The molecule has 0 saturated heterocycles. The summed E-state index contributed by atoms with van der Waals surface area (Å²) in [7, 11) is 0. The predicted molar refractivity (Wildman–Crippen MR) is 221 cm³/mol. The van der Waals surface area contributed by atoms with E-state index < -0.39 is 107 Å². The van der Waals surface area contributed by atoms with E-state index in [0.29, 0.717) is 20.9 Å². The molecule has 2 aromatic heterocycles. The van der Waals surface area contributed by atoms with Crippen molar-refractivity contribution in [1.29, 1.82) is 0 Å². The average molecular weight is 973 g/mol. The van der Waals surface area contributed by atoms with Crippen molar-refractivity contribution in [2.75, 3.05) is 0 Å². The maximum absolute atomic E-state index is 14.2. The van der Waals surface area contributed by atoms with Crippen LogP contribution in [0.3, 0.4) is 0 Å². The first-order chi connectivity index (χ1) is 30.3. The normalized spacial score (nSPS) is 13.4. The van der Waals surface area contributed by atoms with Gasteiger partial charge in [0.2, 0.25) is 0 Å². The zero-order valence-corrected chi connectivity index (χ0v) is 37.1. The first-order valence-corrected chi connectivity index (χ1v) is 20.2. The Kier molecular flexibility index (Phi) is 19.7. The van der Waals surface area contributed by atoms with E-state index in [0.717, 1.165) is 35.7 Å². The second kappa shape index (κ2) is 24.2. The number of rotatable bonds is 16. The molecule has 0 spiro atoms. The van der Waals surface area contributed by atoms with Crippen molar-refractivity contribution in [2.24, 2.45) is 0 Å². The van der Waals surface area contributed by atoms with Crippen molar-refractivity contribution >= 4 is 107 Å². The second-order valence-corrected chi connectivity index (χ2v) is 15.9. The van der Waals surface area contributed by atoms with Gasteiger partial charge >= 0.3 is 37.7 Å². The topological polar surface area (TPSA) is 187 Å². The van der Waals surface area contributed by atoms with Crippen molar-refractivity contribution in [1.82, 2.24) is 9.97 Å². The number of halogens is 8. The minimum absolute atomic E-state index is 0. The second-order valence-electron chi connectivity index (χ2n) is 13.7. The van der Waals surface area contributed by atoms with E-state index in [2.05, 4.69) is 9.97 Å². The van der Waals surface area contributed by atoms with Crippen molar-refractivity contribution in [3.8, 4) is 0 Å². The zero-order chi connectivity index (χ0) is 46.8. The molecule has 0 amide bonds. The summed E-state index contributed by atoms with van der Waals surface area (Å²) < 4.78 is 110. The first-order valence-electron chi connectivity index (χ1n) is 18.6. The molecular weight excluding hydrogens is 941 g/mol. The van der Waals surface area contributed by atoms with Crippen molar-refractivity contribution < 1.29 is 75.4 Å².